The Bertz CT molecular complexity index is 578. The smallest absolute Gasteiger partial charge is 0.240 e. The molecule has 0 spiro atoms. The Kier molecular flexibility index (Phi) is 5.31. The summed E-state index contributed by atoms with van der Waals surface area (Å²) in [5, 5.41) is 0.591. The first kappa shape index (κ1) is 16.0. The summed E-state index contributed by atoms with van der Waals surface area (Å²) in [6, 6.07) is 4.30. The molecule has 1 saturated heterocycles. The van der Waals surface area contributed by atoms with Gasteiger partial charge in [0.25, 0.3) is 0 Å². The molecular weight excluding hydrogens is 319 g/mol. The average Bonchev–Trinajstić information content (AvgIpc) is 2.41. The molecule has 1 aliphatic heterocycles. The average molecular weight is 337 g/mol. The minimum Gasteiger partial charge on any atom is -0.302 e. The van der Waals surface area contributed by atoms with Gasteiger partial charge < -0.3 is 4.90 Å². The van der Waals surface area contributed by atoms with Crippen LogP contribution in [0, 0.1) is 0 Å². The van der Waals surface area contributed by atoms with Crippen LogP contribution in [0.2, 0.25) is 10.0 Å². The predicted molar refractivity (Wildman–Crippen MR) is 81.9 cm³/mol. The number of halogens is 2. The molecule has 1 aliphatic rings. The highest BCUT2D eigenvalue weighted by Gasteiger charge is 2.24. The fourth-order valence-corrected chi connectivity index (χ4v) is 4.02. The Morgan fingerprint density at radius 2 is 2.10 bits per heavy atom. The summed E-state index contributed by atoms with van der Waals surface area (Å²) in [6.45, 7) is 4.79. The van der Waals surface area contributed by atoms with Gasteiger partial charge in [0, 0.05) is 12.6 Å². The minimum absolute atomic E-state index is 0.0526. The van der Waals surface area contributed by atoms with E-state index in [0.29, 0.717) is 5.02 Å². The van der Waals surface area contributed by atoms with Crippen LogP contribution >= 0.6 is 23.2 Å². The highest BCUT2D eigenvalue weighted by molar-refractivity contribution is 7.89. The van der Waals surface area contributed by atoms with Crippen molar-refractivity contribution in [3.63, 3.8) is 0 Å². The highest BCUT2D eigenvalue weighted by atomic mass is 35.5. The van der Waals surface area contributed by atoms with Gasteiger partial charge in [0.2, 0.25) is 10.0 Å². The number of benzene rings is 1. The monoisotopic (exact) mass is 336 g/mol. The van der Waals surface area contributed by atoms with E-state index in [1.165, 1.54) is 18.2 Å². The van der Waals surface area contributed by atoms with Crippen LogP contribution in [-0.4, -0.2) is 39.0 Å². The summed E-state index contributed by atoms with van der Waals surface area (Å²) >= 11 is 11.7. The van der Waals surface area contributed by atoms with Gasteiger partial charge in [0.15, 0.2) is 0 Å². The molecule has 2 rings (SSSR count). The largest absolute Gasteiger partial charge is 0.302 e. The Morgan fingerprint density at radius 1 is 1.35 bits per heavy atom. The van der Waals surface area contributed by atoms with E-state index in [4.69, 9.17) is 23.2 Å². The van der Waals surface area contributed by atoms with Gasteiger partial charge in [-0.15, -0.1) is 0 Å². The zero-order chi connectivity index (χ0) is 14.8. The number of piperidine rings is 1. The van der Waals surface area contributed by atoms with Crippen LogP contribution in [-0.2, 0) is 10.0 Å². The molecule has 0 amide bonds. The lowest BCUT2D eigenvalue weighted by Crippen LogP contribution is -2.47. The zero-order valence-corrected chi connectivity index (χ0v) is 13.6. The lowest BCUT2D eigenvalue weighted by Gasteiger charge is -2.32. The van der Waals surface area contributed by atoms with Crippen LogP contribution in [0.15, 0.2) is 23.1 Å². The van der Waals surface area contributed by atoms with E-state index in [2.05, 4.69) is 16.5 Å². The van der Waals surface area contributed by atoms with Crippen molar-refractivity contribution in [1.82, 2.24) is 9.62 Å². The number of hydrogen-bond acceptors (Lipinski definition) is 3. The zero-order valence-electron chi connectivity index (χ0n) is 11.3. The quantitative estimate of drug-likeness (QED) is 0.919. The lowest BCUT2D eigenvalue weighted by atomic mass is 10.1. The van der Waals surface area contributed by atoms with E-state index < -0.39 is 10.0 Å². The van der Waals surface area contributed by atoms with Crippen molar-refractivity contribution in [3.05, 3.63) is 28.2 Å². The summed E-state index contributed by atoms with van der Waals surface area (Å²) in [4.78, 5) is 2.39. The molecule has 1 aromatic carbocycles. The summed E-state index contributed by atoms with van der Waals surface area (Å²) in [5.74, 6) is 0. The Labute approximate surface area is 130 Å². The maximum Gasteiger partial charge on any atom is 0.240 e. The topological polar surface area (TPSA) is 49.4 Å². The molecular formula is C13H18Cl2N2O2S. The molecule has 7 heteroatoms. The Hall–Kier alpha value is -0.330. The summed E-state index contributed by atoms with van der Waals surface area (Å²) < 4.78 is 27.4. The first-order chi connectivity index (χ1) is 9.42. The molecule has 0 aromatic heterocycles. The summed E-state index contributed by atoms with van der Waals surface area (Å²) in [5.41, 5.74) is 0. The fourth-order valence-electron chi connectivity index (χ4n) is 2.37. The maximum absolute atomic E-state index is 12.3. The summed E-state index contributed by atoms with van der Waals surface area (Å²) in [7, 11) is -3.55. The second-order valence-electron chi connectivity index (χ2n) is 4.93. The molecule has 0 bridgehead atoms. The number of rotatable bonds is 4. The maximum atomic E-state index is 12.3. The molecule has 0 saturated carbocycles. The molecule has 1 fully saturated rings. The van der Waals surface area contributed by atoms with Gasteiger partial charge in [-0.05, 0) is 44.1 Å². The molecule has 20 heavy (non-hydrogen) atoms. The van der Waals surface area contributed by atoms with Crippen LogP contribution in [0.4, 0.5) is 0 Å². The van der Waals surface area contributed by atoms with Gasteiger partial charge in [-0.1, -0.05) is 30.1 Å². The first-order valence-electron chi connectivity index (χ1n) is 6.62. The van der Waals surface area contributed by atoms with Crippen LogP contribution in [0.25, 0.3) is 0 Å². The molecule has 112 valence electrons. The molecule has 4 nitrogen and oxygen atoms in total. The van der Waals surface area contributed by atoms with Gasteiger partial charge in [0.1, 0.15) is 0 Å². The second kappa shape index (κ2) is 6.62. The number of hydrogen-bond donors (Lipinski definition) is 1. The fraction of sp³-hybridized carbons (Fsp3) is 0.538. The molecule has 1 aromatic rings. The number of nitrogens with one attached hydrogen (secondary N) is 1. The van der Waals surface area contributed by atoms with Crippen LogP contribution < -0.4 is 4.72 Å². The molecule has 0 aliphatic carbocycles. The van der Waals surface area contributed by atoms with E-state index in [1.54, 1.807) is 0 Å². The van der Waals surface area contributed by atoms with E-state index in [0.717, 1.165) is 32.5 Å². The standard InChI is InChI=1S/C13H18Cl2N2O2S/c1-2-17-7-3-4-10(9-17)16-20(18,19)11-5-6-12(14)13(15)8-11/h5-6,8,10,16H,2-4,7,9H2,1H3/t10-/m1/s1. The SMILES string of the molecule is CCN1CCC[C@@H](NS(=O)(=O)c2ccc(Cl)c(Cl)c2)C1. The number of likely N-dealkylation sites (N-methyl/N-ethyl adjacent to an activating group) is 1. The van der Waals surface area contributed by atoms with Gasteiger partial charge in [-0.2, -0.15) is 0 Å². The Morgan fingerprint density at radius 3 is 2.75 bits per heavy atom. The summed E-state index contributed by atoms with van der Waals surface area (Å²) in [6.07, 6.45) is 1.86. The van der Waals surface area contributed by atoms with Crippen molar-refractivity contribution >= 4 is 33.2 Å². The predicted octanol–water partition coefficient (Wildman–Crippen LogP) is 2.76. The number of nitrogens with zero attached hydrogens (tertiary/aromatic N) is 1. The molecule has 1 N–H and O–H groups in total. The van der Waals surface area contributed by atoms with Crippen LogP contribution in [0.5, 0.6) is 0 Å². The third-order valence-corrected chi connectivity index (χ3v) is 5.73. The van der Waals surface area contributed by atoms with Crippen molar-refractivity contribution < 1.29 is 8.42 Å². The van der Waals surface area contributed by atoms with E-state index in [1.807, 2.05) is 0 Å². The molecule has 1 atom stereocenters. The lowest BCUT2D eigenvalue weighted by molar-refractivity contribution is 0.211. The van der Waals surface area contributed by atoms with Crippen molar-refractivity contribution in [2.75, 3.05) is 19.6 Å². The molecule has 0 unspecified atom stereocenters. The van der Waals surface area contributed by atoms with E-state index >= 15 is 0 Å². The van der Waals surface area contributed by atoms with Crippen molar-refractivity contribution in [2.45, 2.75) is 30.7 Å². The molecule has 0 radical (unpaired) electrons. The van der Waals surface area contributed by atoms with Gasteiger partial charge >= 0.3 is 0 Å². The van der Waals surface area contributed by atoms with Gasteiger partial charge in [-0.25, -0.2) is 13.1 Å². The van der Waals surface area contributed by atoms with Crippen molar-refractivity contribution in [2.24, 2.45) is 0 Å². The van der Waals surface area contributed by atoms with Gasteiger partial charge in [-0.3, -0.25) is 0 Å². The third-order valence-electron chi connectivity index (χ3n) is 3.48. The second-order valence-corrected chi connectivity index (χ2v) is 7.46. The first-order valence-corrected chi connectivity index (χ1v) is 8.86. The normalized spacial score (nSPS) is 21.1. The highest BCUT2D eigenvalue weighted by Crippen LogP contribution is 2.25. The number of likely N-dealkylation sites (tertiary alicyclic amines) is 1. The number of sulfonamides is 1. The van der Waals surface area contributed by atoms with Crippen LogP contribution in [0.1, 0.15) is 19.8 Å². The van der Waals surface area contributed by atoms with E-state index in [-0.39, 0.29) is 16.0 Å². The van der Waals surface area contributed by atoms with Crippen molar-refractivity contribution in [1.29, 1.82) is 0 Å². The Balaban J connectivity index is 2.12. The van der Waals surface area contributed by atoms with Gasteiger partial charge in [0.05, 0.1) is 14.9 Å². The minimum atomic E-state index is -3.55. The van der Waals surface area contributed by atoms with Crippen molar-refractivity contribution in [3.8, 4) is 0 Å². The third kappa shape index (κ3) is 3.86. The van der Waals surface area contributed by atoms with Crippen LogP contribution in [0.3, 0.4) is 0 Å². The van der Waals surface area contributed by atoms with E-state index in [9.17, 15) is 8.42 Å². The molecule has 1 heterocycles.